The van der Waals surface area contributed by atoms with Crippen molar-refractivity contribution in [1.29, 1.82) is 0 Å². The molecular formula is C14H22N2O. The van der Waals surface area contributed by atoms with E-state index in [2.05, 4.69) is 41.4 Å². The smallest absolute Gasteiger partial charge is 0.0641 e. The lowest BCUT2D eigenvalue weighted by atomic mass is 10.1. The van der Waals surface area contributed by atoms with E-state index in [9.17, 15) is 0 Å². The molecule has 1 heterocycles. The van der Waals surface area contributed by atoms with Crippen LogP contribution in [0.3, 0.4) is 0 Å². The molecule has 3 nitrogen and oxygen atoms in total. The van der Waals surface area contributed by atoms with E-state index in [4.69, 9.17) is 4.74 Å². The van der Waals surface area contributed by atoms with Gasteiger partial charge in [-0.3, -0.25) is 0 Å². The van der Waals surface area contributed by atoms with Gasteiger partial charge in [-0.25, -0.2) is 0 Å². The molecule has 2 rings (SSSR count). The number of hydrogen-bond donors (Lipinski definition) is 1. The van der Waals surface area contributed by atoms with Gasteiger partial charge in [0.1, 0.15) is 0 Å². The van der Waals surface area contributed by atoms with E-state index in [1.807, 2.05) is 0 Å². The number of anilines is 1. The van der Waals surface area contributed by atoms with Crippen LogP contribution in [0, 0.1) is 0 Å². The lowest BCUT2D eigenvalue weighted by molar-refractivity contribution is 0.152. The maximum Gasteiger partial charge on any atom is 0.0641 e. The van der Waals surface area contributed by atoms with Gasteiger partial charge in [0.25, 0.3) is 0 Å². The summed E-state index contributed by atoms with van der Waals surface area (Å²) in [6.45, 7) is 7.94. The second-order valence-electron chi connectivity index (χ2n) is 4.36. The van der Waals surface area contributed by atoms with Crippen LogP contribution in [0.5, 0.6) is 0 Å². The highest BCUT2D eigenvalue weighted by Crippen LogP contribution is 2.21. The van der Waals surface area contributed by atoms with Crippen molar-refractivity contribution in [3.63, 3.8) is 0 Å². The van der Waals surface area contributed by atoms with Crippen LogP contribution in [-0.2, 0) is 11.3 Å². The summed E-state index contributed by atoms with van der Waals surface area (Å²) in [5, 5.41) is 3.40. The molecular weight excluding hydrogens is 212 g/mol. The summed E-state index contributed by atoms with van der Waals surface area (Å²) in [6.07, 6.45) is 1.12. The zero-order valence-corrected chi connectivity index (χ0v) is 10.6. The number of benzene rings is 1. The largest absolute Gasteiger partial charge is 0.380 e. The maximum atomic E-state index is 5.51. The number of nitrogens with one attached hydrogen (secondary N) is 1. The van der Waals surface area contributed by atoms with Gasteiger partial charge in [-0.1, -0.05) is 25.1 Å². The quantitative estimate of drug-likeness (QED) is 0.862. The summed E-state index contributed by atoms with van der Waals surface area (Å²) >= 11 is 0. The molecule has 1 saturated heterocycles. The molecule has 0 radical (unpaired) electrons. The van der Waals surface area contributed by atoms with Gasteiger partial charge in [-0.2, -0.15) is 0 Å². The molecule has 1 aliphatic rings. The fourth-order valence-electron chi connectivity index (χ4n) is 2.22. The average Bonchev–Trinajstić information content (AvgIpc) is 2.65. The van der Waals surface area contributed by atoms with Gasteiger partial charge in [0.2, 0.25) is 0 Å². The van der Waals surface area contributed by atoms with Crippen molar-refractivity contribution in [2.45, 2.75) is 19.9 Å². The molecule has 1 fully saturated rings. The topological polar surface area (TPSA) is 24.5 Å². The number of ether oxygens (including phenoxy) is 1. The van der Waals surface area contributed by atoms with Crippen LogP contribution in [0.25, 0.3) is 0 Å². The first-order chi connectivity index (χ1) is 8.42. The highest BCUT2D eigenvalue weighted by atomic mass is 16.5. The first kappa shape index (κ1) is 12.4. The van der Waals surface area contributed by atoms with Gasteiger partial charge >= 0.3 is 0 Å². The van der Waals surface area contributed by atoms with Crippen LogP contribution in [0.4, 0.5) is 5.69 Å². The Bertz CT molecular complexity index is 333. The van der Waals surface area contributed by atoms with Crippen molar-refractivity contribution in [1.82, 2.24) is 5.32 Å². The molecule has 0 unspecified atom stereocenters. The monoisotopic (exact) mass is 234 g/mol. The van der Waals surface area contributed by atoms with Crippen molar-refractivity contribution in [2.75, 3.05) is 37.7 Å². The first-order valence-electron chi connectivity index (χ1n) is 6.53. The van der Waals surface area contributed by atoms with E-state index in [-0.39, 0.29) is 0 Å². The molecule has 94 valence electrons. The third kappa shape index (κ3) is 3.45. The Hall–Kier alpha value is -1.06. The number of nitrogens with zero attached hydrogens (tertiary/aromatic N) is 1. The fourth-order valence-corrected chi connectivity index (χ4v) is 2.22. The lowest BCUT2D eigenvalue weighted by Gasteiger charge is -2.25. The van der Waals surface area contributed by atoms with Crippen LogP contribution in [-0.4, -0.2) is 32.8 Å². The van der Waals surface area contributed by atoms with Gasteiger partial charge in [0.15, 0.2) is 0 Å². The summed E-state index contributed by atoms with van der Waals surface area (Å²) in [6, 6.07) is 8.67. The molecule has 0 amide bonds. The Morgan fingerprint density at radius 3 is 3.00 bits per heavy atom. The Morgan fingerprint density at radius 1 is 1.24 bits per heavy atom. The molecule has 0 saturated carbocycles. The predicted molar refractivity (Wildman–Crippen MR) is 71.5 cm³/mol. The van der Waals surface area contributed by atoms with Gasteiger partial charge < -0.3 is 15.0 Å². The average molecular weight is 234 g/mol. The van der Waals surface area contributed by atoms with Gasteiger partial charge in [0.05, 0.1) is 6.61 Å². The summed E-state index contributed by atoms with van der Waals surface area (Å²) < 4.78 is 5.51. The Kier molecular flexibility index (Phi) is 4.83. The van der Waals surface area contributed by atoms with Gasteiger partial charge in [-0.05, 0) is 24.6 Å². The van der Waals surface area contributed by atoms with Crippen molar-refractivity contribution < 1.29 is 4.74 Å². The van der Waals surface area contributed by atoms with Crippen LogP contribution in [0.1, 0.15) is 18.9 Å². The Balaban J connectivity index is 2.11. The summed E-state index contributed by atoms with van der Waals surface area (Å²) in [7, 11) is 0. The van der Waals surface area contributed by atoms with Gasteiger partial charge in [0, 0.05) is 31.9 Å². The number of hydrogen-bond acceptors (Lipinski definition) is 3. The molecule has 1 aliphatic heterocycles. The van der Waals surface area contributed by atoms with Crippen LogP contribution < -0.4 is 10.2 Å². The second kappa shape index (κ2) is 6.62. The van der Waals surface area contributed by atoms with Crippen molar-refractivity contribution >= 4 is 5.69 Å². The summed E-state index contributed by atoms with van der Waals surface area (Å²) in [5.41, 5.74) is 2.75. The third-order valence-electron chi connectivity index (χ3n) is 3.12. The fraction of sp³-hybridized carbons (Fsp3) is 0.571. The van der Waals surface area contributed by atoms with Crippen molar-refractivity contribution in [3.05, 3.63) is 29.8 Å². The SMILES string of the molecule is CCNCc1ccccc1N1CCCOCC1. The highest BCUT2D eigenvalue weighted by Gasteiger charge is 2.12. The molecule has 17 heavy (non-hydrogen) atoms. The zero-order chi connectivity index (χ0) is 11.9. The van der Waals surface area contributed by atoms with Crippen LogP contribution in [0.2, 0.25) is 0 Å². The predicted octanol–water partition coefficient (Wildman–Crippen LogP) is 2.02. The highest BCUT2D eigenvalue weighted by molar-refractivity contribution is 5.53. The molecule has 3 heteroatoms. The molecule has 0 aromatic heterocycles. The molecule has 1 N–H and O–H groups in total. The van der Waals surface area contributed by atoms with E-state index in [0.29, 0.717) is 0 Å². The van der Waals surface area contributed by atoms with E-state index in [1.54, 1.807) is 0 Å². The third-order valence-corrected chi connectivity index (χ3v) is 3.12. The number of para-hydroxylation sites is 1. The minimum Gasteiger partial charge on any atom is -0.380 e. The Labute approximate surface area is 104 Å². The minimum atomic E-state index is 0.843. The molecule has 0 bridgehead atoms. The number of rotatable bonds is 4. The summed E-state index contributed by atoms with van der Waals surface area (Å²) in [5.74, 6) is 0. The second-order valence-corrected chi connectivity index (χ2v) is 4.36. The van der Waals surface area contributed by atoms with Crippen molar-refractivity contribution in [3.8, 4) is 0 Å². The maximum absolute atomic E-state index is 5.51. The van der Waals surface area contributed by atoms with E-state index in [1.165, 1.54) is 11.3 Å². The molecule has 0 atom stereocenters. The molecule has 0 spiro atoms. The van der Waals surface area contributed by atoms with Gasteiger partial charge in [-0.15, -0.1) is 0 Å². The zero-order valence-electron chi connectivity index (χ0n) is 10.6. The first-order valence-corrected chi connectivity index (χ1v) is 6.53. The van der Waals surface area contributed by atoms with E-state index < -0.39 is 0 Å². The molecule has 1 aromatic rings. The lowest BCUT2D eigenvalue weighted by Crippen LogP contribution is -2.27. The van der Waals surface area contributed by atoms with Crippen LogP contribution >= 0.6 is 0 Å². The van der Waals surface area contributed by atoms with Crippen molar-refractivity contribution in [2.24, 2.45) is 0 Å². The van der Waals surface area contributed by atoms with Crippen LogP contribution in [0.15, 0.2) is 24.3 Å². The van der Waals surface area contributed by atoms with E-state index in [0.717, 1.165) is 45.8 Å². The standard InChI is InChI=1S/C14H22N2O/c1-2-15-12-13-6-3-4-7-14(13)16-8-5-10-17-11-9-16/h3-4,6-7,15H,2,5,8-12H2,1H3. The molecule has 0 aliphatic carbocycles. The molecule has 1 aromatic carbocycles. The van der Waals surface area contributed by atoms with E-state index >= 15 is 0 Å². The minimum absolute atomic E-state index is 0.843. The normalized spacial score (nSPS) is 16.9. The Morgan fingerprint density at radius 2 is 2.12 bits per heavy atom. The summed E-state index contributed by atoms with van der Waals surface area (Å²) in [4.78, 5) is 2.44.